The van der Waals surface area contributed by atoms with Crippen molar-refractivity contribution in [3.63, 3.8) is 0 Å². The van der Waals surface area contributed by atoms with E-state index in [0.717, 1.165) is 18.2 Å². The topological polar surface area (TPSA) is 17.1 Å². The molecule has 0 amide bonds. The van der Waals surface area contributed by atoms with Crippen molar-refractivity contribution in [1.29, 1.82) is 0 Å². The van der Waals surface area contributed by atoms with Crippen molar-refractivity contribution >= 4 is 16.8 Å². The number of carbonyl (C=O) groups excluding carboxylic acids is 1. The van der Waals surface area contributed by atoms with Gasteiger partial charge in [0.05, 0.1) is 5.56 Å². The molecule has 1 aromatic rings. The first kappa shape index (κ1) is 10.1. The van der Waals surface area contributed by atoms with E-state index >= 15 is 0 Å². The van der Waals surface area contributed by atoms with Crippen molar-refractivity contribution < 1.29 is 18.0 Å². The third kappa shape index (κ3) is 2.45. The number of hydrogen-bond donors (Lipinski definition) is 0. The molecule has 0 aliphatic rings. The van der Waals surface area contributed by atoms with E-state index in [2.05, 4.69) is 0 Å². The van der Waals surface area contributed by atoms with E-state index in [9.17, 15) is 18.0 Å². The van der Waals surface area contributed by atoms with Gasteiger partial charge in [-0.05, 0) is 23.7 Å². The normalized spacial score (nSPS) is 11.4. The predicted octanol–water partition coefficient (Wildman–Crippen LogP) is 3.08. The van der Waals surface area contributed by atoms with Crippen LogP contribution >= 0.6 is 11.6 Å². The second-order valence-corrected chi connectivity index (χ2v) is 2.70. The highest BCUT2D eigenvalue weighted by molar-refractivity contribution is 6.67. The minimum absolute atomic E-state index is 0.156. The van der Waals surface area contributed by atoms with Crippen molar-refractivity contribution in [3.8, 4) is 0 Å². The summed E-state index contributed by atoms with van der Waals surface area (Å²) in [6.45, 7) is 0. The molecule has 13 heavy (non-hydrogen) atoms. The van der Waals surface area contributed by atoms with Gasteiger partial charge >= 0.3 is 6.18 Å². The van der Waals surface area contributed by atoms with Crippen LogP contribution in [-0.4, -0.2) is 5.24 Å². The highest BCUT2D eigenvalue weighted by atomic mass is 35.0. The van der Waals surface area contributed by atoms with Crippen molar-refractivity contribution in [1.82, 2.24) is 0 Å². The fourth-order valence-electron chi connectivity index (χ4n) is 0.818. The minimum Gasteiger partial charge on any atom is -0.276 e. The van der Waals surface area contributed by atoms with Crippen LogP contribution in [0.2, 0.25) is 0 Å². The molecule has 1 aromatic carbocycles. The number of halogens is 4. The van der Waals surface area contributed by atoms with Crippen LogP contribution in [0, 0.1) is 0 Å². The number of benzene rings is 1. The second-order valence-electron chi connectivity index (χ2n) is 2.35. The molecule has 0 heterocycles. The lowest BCUT2D eigenvalue weighted by molar-refractivity contribution is -0.137. The van der Waals surface area contributed by atoms with E-state index in [4.69, 9.17) is 11.6 Å². The summed E-state index contributed by atoms with van der Waals surface area (Å²) in [5.41, 5.74) is -1.03. The van der Waals surface area contributed by atoms with Gasteiger partial charge in [0, 0.05) is 5.56 Å². The largest absolute Gasteiger partial charge is 0.416 e. The molecule has 0 saturated heterocycles. The summed E-state index contributed by atoms with van der Waals surface area (Å²) in [4.78, 5) is 10.5. The zero-order valence-electron chi connectivity index (χ0n) is 6.23. The molecule has 0 aromatic heterocycles. The zero-order valence-corrected chi connectivity index (χ0v) is 6.99. The Hall–Kier alpha value is -1.03. The summed E-state index contributed by atoms with van der Waals surface area (Å²) < 4.78 is 36.2. The van der Waals surface area contributed by atoms with Crippen molar-refractivity contribution in [2.24, 2.45) is 0 Å². The van der Waals surface area contributed by atoms with Gasteiger partial charge in [0.15, 0.2) is 0 Å². The molecule has 70 valence electrons. The quantitative estimate of drug-likeness (QED) is 0.648. The Morgan fingerprint density at radius 2 is 1.92 bits per heavy atom. The molecule has 0 spiro atoms. The molecular weight excluding hydrogens is 204 g/mol. The Balaban J connectivity index is 3.13. The van der Waals surface area contributed by atoms with Gasteiger partial charge in [-0.3, -0.25) is 4.79 Å². The smallest absolute Gasteiger partial charge is 0.276 e. The van der Waals surface area contributed by atoms with Gasteiger partial charge in [0.1, 0.15) is 0 Å². The first-order chi connectivity index (χ1) is 5.91. The lowest BCUT2D eigenvalue weighted by Gasteiger charge is -2.06. The number of hydrogen-bond acceptors (Lipinski definition) is 1. The minimum atomic E-state index is -4.44. The number of alkyl halides is 3. The first-order valence-corrected chi connectivity index (χ1v) is 3.66. The third-order valence-corrected chi connectivity index (χ3v) is 1.64. The van der Waals surface area contributed by atoms with Crippen LogP contribution in [0.15, 0.2) is 24.3 Å². The van der Waals surface area contributed by atoms with Crippen molar-refractivity contribution in [2.45, 2.75) is 6.18 Å². The molecule has 0 N–H and O–H groups in total. The van der Waals surface area contributed by atoms with Crippen LogP contribution in [0.3, 0.4) is 0 Å². The number of carbonyl (C=O) groups is 1. The van der Waals surface area contributed by atoms with E-state index < -0.39 is 17.0 Å². The number of rotatable bonds is 1. The summed E-state index contributed by atoms with van der Waals surface area (Å²) in [7, 11) is 0. The Bertz CT molecular complexity index is 332. The molecule has 0 saturated carbocycles. The van der Waals surface area contributed by atoms with Crippen LogP contribution in [0.4, 0.5) is 13.2 Å². The Labute approximate surface area is 77.1 Å². The van der Waals surface area contributed by atoms with Gasteiger partial charge in [0.2, 0.25) is 0 Å². The maximum absolute atomic E-state index is 12.1. The van der Waals surface area contributed by atoms with Crippen LogP contribution in [0.25, 0.3) is 0 Å². The second kappa shape index (κ2) is 3.38. The van der Waals surface area contributed by atoms with Crippen molar-refractivity contribution in [2.75, 3.05) is 0 Å². The van der Waals surface area contributed by atoms with E-state index in [1.807, 2.05) is 0 Å². The maximum atomic E-state index is 12.1. The molecule has 5 heteroatoms. The highest BCUT2D eigenvalue weighted by Crippen LogP contribution is 2.29. The summed E-state index contributed by atoms with van der Waals surface area (Å²) in [6, 6.07) is 3.96. The molecule has 0 aliphatic carbocycles. The fraction of sp³-hybridized carbons (Fsp3) is 0.125. The van der Waals surface area contributed by atoms with Gasteiger partial charge < -0.3 is 0 Å². The van der Waals surface area contributed by atoms with Crippen LogP contribution in [-0.2, 0) is 6.18 Å². The van der Waals surface area contributed by atoms with Gasteiger partial charge in [-0.1, -0.05) is 12.1 Å². The SMILES string of the molecule is O=C([35Cl])c1cccc(C(F)(F)F)c1. The monoisotopic (exact) mass is 208 g/mol. The molecule has 0 fully saturated rings. The van der Waals surface area contributed by atoms with Gasteiger partial charge in [-0.2, -0.15) is 13.2 Å². The molecule has 0 bridgehead atoms. The van der Waals surface area contributed by atoms with Gasteiger partial charge in [-0.25, -0.2) is 0 Å². The predicted molar refractivity (Wildman–Crippen MR) is 41.6 cm³/mol. The van der Waals surface area contributed by atoms with E-state index in [1.54, 1.807) is 0 Å². The summed E-state index contributed by atoms with van der Waals surface area (Å²) in [5.74, 6) is 0. The molecule has 1 rings (SSSR count). The summed E-state index contributed by atoms with van der Waals surface area (Å²) >= 11 is 5.02. The molecular formula is C8H4ClF3O. The fourth-order valence-corrected chi connectivity index (χ4v) is 0.935. The summed E-state index contributed by atoms with van der Waals surface area (Å²) in [5, 5.41) is -0.897. The van der Waals surface area contributed by atoms with Crippen LogP contribution in [0.1, 0.15) is 15.9 Å². The average molecular weight is 208 g/mol. The van der Waals surface area contributed by atoms with E-state index in [-0.39, 0.29) is 5.56 Å². The average Bonchev–Trinajstić information content (AvgIpc) is 2.03. The Morgan fingerprint density at radius 1 is 1.31 bits per heavy atom. The molecule has 0 atom stereocenters. The molecule has 0 unspecified atom stereocenters. The third-order valence-electron chi connectivity index (χ3n) is 1.42. The lowest BCUT2D eigenvalue weighted by Crippen LogP contribution is -2.05. The van der Waals surface area contributed by atoms with Gasteiger partial charge in [0.25, 0.3) is 5.24 Å². The molecule has 0 radical (unpaired) electrons. The molecule has 1 nitrogen and oxygen atoms in total. The Kier molecular flexibility index (Phi) is 2.61. The van der Waals surface area contributed by atoms with Crippen molar-refractivity contribution in [3.05, 3.63) is 35.4 Å². The zero-order chi connectivity index (χ0) is 10.1. The summed E-state index contributed by atoms with van der Waals surface area (Å²) in [6.07, 6.45) is -4.44. The Morgan fingerprint density at radius 3 is 2.38 bits per heavy atom. The highest BCUT2D eigenvalue weighted by Gasteiger charge is 2.30. The standard InChI is InChI=1S/C8H4ClF3O/c9-7(13)5-2-1-3-6(4-5)8(10,11)12/h1-4H/i9+0. The van der Waals surface area contributed by atoms with E-state index in [1.165, 1.54) is 6.07 Å². The maximum Gasteiger partial charge on any atom is 0.416 e. The molecule has 0 aliphatic heterocycles. The first-order valence-electron chi connectivity index (χ1n) is 3.28. The van der Waals surface area contributed by atoms with E-state index in [0.29, 0.717) is 0 Å². The van der Waals surface area contributed by atoms with Gasteiger partial charge in [-0.15, -0.1) is 0 Å². The lowest BCUT2D eigenvalue weighted by atomic mass is 10.1. The van der Waals surface area contributed by atoms with Crippen LogP contribution in [0.5, 0.6) is 0 Å². The van der Waals surface area contributed by atoms with Crippen LogP contribution < -0.4 is 0 Å².